The molecule has 0 aromatic carbocycles. The number of hydrogen-bond acceptors (Lipinski definition) is 4. The van der Waals surface area contributed by atoms with Gasteiger partial charge in [-0.1, -0.05) is 96.8 Å². The molecule has 4 nitrogen and oxygen atoms in total. The Bertz CT molecular complexity index is 239. The van der Waals surface area contributed by atoms with Crippen LogP contribution in [-0.2, 0) is 0 Å². The van der Waals surface area contributed by atoms with E-state index in [2.05, 4.69) is 6.92 Å². The number of nitrogens with zero attached hydrogens (tertiary/aromatic N) is 1. The molecule has 0 fully saturated rings. The lowest BCUT2D eigenvalue weighted by atomic mass is 10.0. The average Bonchev–Trinajstić information content (AvgIpc) is 2.55. The Morgan fingerprint density at radius 3 is 1.54 bits per heavy atom. The molecule has 0 aromatic heterocycles. The van der Waals surface area contributed by atoms with Crippen molar-refractivity contribution in [2.75, 3.05) is 19.7 Å². The molecule has 146 valence electrons. The Kier molecular flexibility index (Phi) is 19.0. The zero-order valence-corrected chi connectivity index (χ0v) is 16.1. The summed E-state index contributed by atoms with van der Waals surface area (Å²) < 4.78 is 0. The van der Waals surface area contributed by atoms with Crippen molar-refractivity contribution in [3.8, 4) is 0 Å². The van der Waals surface area contributed by atoms with Gasteiger partial charge in [0, 0.05) is 13.1 Å². The van der Waals surface area contributed by atoms with E-state index in [1.165, 1.54) is 83.5 Å². The second-order valence-electron chi connectivity index (χ2n) is 7.17. The minimum absolute atomic E-state index is 0.0813. The molecule has 3 N–H and O–H groups in total. The molecular weight excluding hydrogens is 302 g/mol. The molecule has 24 heavy (non-hydrogen) atoms. The number of aliphatic hydroxyl groups is 2. The van der Waals surface area contributed by atoms with E-state index in [-0.39, 0.29) is 19.7 Å². The lowest BCUT2D eigenvalue weighted by molar-refractivity contribution is -0.120. The second-order valence-corrected chi connectivity index (χ2v) is 7.17. The van der Waals surface area contributed by atoms with Crippen molar-refractivity contribution in [2.45, 2.75) is 109 Å². The highest BCUT2D eigenvalue weighted by Gasteiger charge is 2.08. The standard InChI is InChI=1S/C20H43NO3/c1-2-3-4-5-6-7-8-9-10-11-12-13-14-15-16-20(23)19-21(24)17-18-22/h20,22-24H,2-19H2,1H3. The fourth-order valence-electron chi connectivity index (χ4n) is 3.12. The zero-order valence-electron chi connectivity index (χ0n) is 16.1. The lowest BCUT2D eigenvalue weighted by Crippen LogP contribution is -2.31. The molecule has 0 bridgehead atoms. The molecule has 0 aromatic rings. The summed E-state index contributed by atoms with van der Waals surface area (Å²) in [4.78, 5) is 0. The van der Waals surface area contributed by atoms with E-state index in [4.69, 9.17) is 5.11 Å². The number of unbranched alkanes of at least 4 members (excludes halogenated alkanes) is 13. The van der Waals surface area contributed by atoms with E-state index in [0.29, 0.717) is 0 Å². The normalized spacial score (nSPS) is 12.9. The summed E-state index contributed by atoms with van der Waals surface area (Å²) in [5.41, 5.74) is 0. The quantitative estimate of drug-likeness (QED) is 0.230. The van der Waals surface area contributed by atoms with Crippen LogP contribution in [0.3, 0.4) is 0 Å². The molecule has 0 saturated carbocycles. The SMILES string of the molecule is CCCCCCCCCCCCCCCCC(O)CN(O)CCO. The molecule has 1 unspecified atom stereocenters. The maximum Gasteiger partial charge on any atom is 0.0690 e. The minimum Gasteiger partial charge on any atom is -0.395 e. The molecule has 0 aliphatic rings. The summed E-state index contributed by atoms with van der Waals surface area (Å²) in [5, 5.41) is 28.8. The molecule has 0 aliphatic carbocycles. The predicted octanol–water partition coefficient (Wildman–Crippen LogP) is 4.90. The van der Waals surface area contributed by atoms with Gasteiger partial charge in [0.1, 0.15) is 0 Å². The fraction of sp³-hybridized carbons (Fsp3) is 1.00. The van der Waals surface area contributed by atoms with Gasteiger partial charge < -0.3 is 15.4 Å². The second kappa shape index (κ2) is 19.2. The van der Waals surface area contributed by atoms with Crippen LogP contribution in [-0.4, -0.2) is 46.3 Å². The summed E-state index contributed by atoms with van der Waals surface area (Å²) in [6.45, 7) is 2.63. The van der Waals surface area contributed by atoms with Crippen LogP contribution in [0.15, 0.2) is 0 Å². The maximum atomic E-state index is 9.75. The smallest absolute Gasteiger partial charge is 0.0690 e. The van der Waals surface area contributed by atoms with E-state index in [1.54, 1.807) is 0 Å². The van der Waals surface area contributed by atoms with Gasteiger partial charge in [0.2, 0.25) is 0 Å². The highest BCUT2D eigenvalue weighted by Crippen LogP contribution is 2.13. The van der Waals surface area contributed by atoms with Gasteiger partial charge in [-0.2, -0.15) is 5.06 Å². The molecule has 0 aliphatic heterocycles. The van der Waals surface area contributed by atoms with Crippen molar-refractivity contribution < 1.29 is 15.4 Å². The Labute approximate surface area is 150 Å². The summed E-state index contributed by atoms with van der Waals surface area (Å²) in [6, 6.07) is 0. The molecule has 0 rings (SSSR count). The number of hydroxylamine groups is 2. The van der Waals surface area contributed by atoms with Crippen molar-refractivity contribution in [1.29, 1.82) is 0 Å². The van der Waals surface area contributed by atoms with Crippen molar-refractivity contribution in [3.63, 3.8) is 0 Å². The van der Waals surface area contributed by atoms with E-state index >= 15 is 0 Å². The molecule has 0 saturated heterocycles. The van der Waals surface area contributed by atoms with Crippen LogP contribution in [0.25, 0.3) is 0 Å². The van der Waals surface area contributed by atoms with E-state index in [9.17, 15) is 10.3 Å². The Balaban J connectivity index is 3.14. The van der Waals surface area contributed by atoms with Gasteiger partial charge >= 0.3 is 0 Å². The number of aliphatic hydroxyl groups excluding tert-OH is 2. The molecule has 0 spiro atoms. The average molecular weight is 346 g/mol. The fourth-order valence-corrected chi connectivity index (χ4v) is 3.12. The third kappa shape index (κ3) is 18.2. The van der Waals surface area contributed by atoms with Gasteiger partial charge in [0.15, 0.2) is 0 Å². The molecule has 0 heterocycles. The summed E-state index contributed by atoms with van der Waals surface area (Å²) in [5.74, 6) is 0. The Morgan fingerprint density at radius 2 is 1.12 bits per heavy atom. The van der Waals surface area contributed by atoms with Gasteiger partial charge in [-0.25, -0.2) is 0 Å². The topological polar surface area (TPSA) is 63.9 Å². The molecule has 0 amide bonds. The van der Waals surface area contributed by atoms with Crippen LogP contribution < -0.4 is 0 Å². The van der Waals surface area contributed by atoms with Crippen molar-refractivity contribution in [3.05, 3.63) is 0 Å². The minimum atomic E-state index is -0.487. The predicted molar refractivity (Wildman–Crippen MR) is 101 cm³/mol. The molecule has 4 heteroatoms. The van der Waals surface area contributed by atoms with Crippen LogP contribution in [0.4, 0.5) is 0 Å². The number of rotatable bonds is 19. The third-order valence-corrected chi connectivity index (χ3v) is 4.67. The van der Waals surface area contributed by atoms with Crippen LogP contribution in [0.1, 0.15) is 103 Å². The van der Waals surface area contributed by atoms with E-state index in [0.717, 1.165) is 17.9 Å². The van der Waals surface area contributed by atoms with Gasteiger partial charge in [-0.05, 0) is 6.42 Å². The summed E-state index contributed by atoms with van der Waals surface area (Å²) in [6.07, 6.45) is 18.9. The first-order chi connectivity index (χ1) is 11.7. The van der Waals surface area contributed by atoms with Gasteiger partial charge in [-0.3, -0.25) is 0 Å². The highest BCUT2D eigenvalue weighted by atomic mass is 16.5. The van der Waals surface area contributed by atoms with Crippen molar-refractivity contribution >= 4 is 0 Å². The molecule has 0 radical (unpaired) electrons. The van der Waals surface area contributed by atoms with Crippen molar-refractivity contribution in [2.24, 2.45) is 0 Å². The first-order valence-corrected chi connectivity index (χ1v) is 10.4. The molecular formula is C20H43NO3. The van der Waals surface area contributed by atoms with Crippen LogP contribution in [0.2, 0.25) is 0 Å². The monoisotopic (exact) mass is 345 g/mol. The number of hydrogen-bond donors (Lipinski definition) is 3. The van der Waals surface area contributed by atoms with Gasteiger partial charge in [0.05, 0.1) is 12.7 Å². The lowest BCUT2D eigenvalue weighted by Gasteiger charge is -2.17. The summed E-state index contributed by atoms with van der Waals surface area (Å²) in [7, 11) is 0. The maximum absolute atomic E-state index is 9.75. The van der Waals surface area contributed by atoms with E-state index < -0.39 is 6.10 Å². The summed E-state index contributed by atoms with van der Waals surface area (Å²) >= 11 is 0. The van der Waals surface area contributed by atoms with Crippen LogP contribution in [0.5, 0.6) is 0 Å². The third-order valence-electron chi connectivity index (χ3n) is 4.67. The van der Waals surface area contributed by atoms with Gasteiger partial charge in [0.25, 0.3) is 0 Å². The van der Waals surface area contributed by atoms with Crippen molar-refractivity contribution in [1.82, 2.24) is 5.06 Å². The zero-order chi connectivity index (χ0) is 17.9. The highest BCUT2D eigenvalue weighted by molar-refractivity contribution is 4.59. The van der Waals surface area contributed by atoms with E-state index in [1.807, 2.05) is 0 Å². The first kappa shape index (κ1) is 23.8. The van der Waals surface area contributed by atoms with Crippen LogP contribution in [0, 0.1) is 0 Å². The molecule has 1 atom stereocenters. The van der Waals surface area contributed by atoms with Crippen LogP contribution >= 0.6 is 0 Å². The Hall–Kier alpha value is -0.160. The van der Waals surface area contributed by atoms with Gasteiger partial charge in [-0.15, -0.1) is 0 Å². The first-order valence-electron chi connectivity index (χ1n) is 10.4. The largest absolute Gasteiger partial charge is 0.395 e. The Morgan fingerprint density at radius 1 is 0.708 bits per heavy atom.